The summed E-state index contributed by atoms with van der Waals surface area (Å²) in [6.45, 7) is 8.25. The van der Waals surface area contributed by atoms with Gasteiger partial charge in [-0.3, -0.25) is 0 Å². The molecule has 0 bridgehead atoms. The minimum atomic E-state index is -0.237. The lowest BCUT2D eigenvalue weighted by atomic mass is 10.0. The van der Waals surface area contributed by atoms with Gasteiger partial charge < -0.3 is 5.32 Å². The van der Waals surface area contributed by atoms with Gasteiger partial charge in [-0.2, -0.15) is 0 Å². The Bertz CT molecular complexity index is 1160. The molecule has 142 valence electrons. The number of benzene rings is 2. The maximum Gasteiger partial charge on any atom is 0.143 e. The van der Waals surface area contributed by atoms with Gasteiger partial charge in [0.25, 0.3) is 0 Å². The molecule has 0 radical (unpaired) electrons. The molecule has 0 aliphatic carbocycles. The maximum absolute atomic E-state index is 13.5. The van der Waals surface area contributed by atoms with Crippen LogP contribution in [0.15, 0.2) is 42.5 Å². The Morgan fingerprint density at radius 2 is 1.75 bits per heavy atom. The first-order chi connectivity index (χ1) is 13.5. The third-order valence-corrected chi connectivity index (χ3v) is 5.95. The Morgan fingerprint density at radius 1 is 1.00 bits per heavy atom. The van der Waals surface area contributed by atoms with Crippen molar-refractivity contribution in [2.75, 3.05) is 5.32 Å². The van der Waals surface area contributed by atoms with Crippen molar-refractivity contribution in [2.45, 2.75) is 34.1 Å². The molecule has 0 spiro atoms. The number of rotatable bonds is 4. The van der Waals surface area contributed by atoms with Crippen molar-refractivity contribution in [1.29, 1.82) is 0 Å². The summed E-state index contributed by atoms with van der Waals surface area (Å²) in [6, 6.07) is 13.0. The number of hydrogen-bond acceptors (Lipinski definition) is 4. The molecule has 0 aliphatic rings. The third-order valence-electron chi connectivity index (χ3n) is 4.96. The first kappa shape index (κ1) is 18.6. The zero-order valence-corrected chi connectivity index (χ0v) is 17.2. The van der Waals surface area contributed by atoms with E-state index in [-0.39, 0.29) is 5.82 Å². The molecule has 0 unspecified atom stereocenters. The van der Waals surface area contributed by atoms with Crippen LogP contribution in [0.5, 0.6) is 0 Å². The lowest BCUT2D eigenvalue weighted by Gasteiger charge is -2.15. The van der Waals surface area contributed by atoms with Gasteiger partial charge in [0.15, 0.2) is 0 Å². The van der Waals surface area contributed by atoms with Crippen LogP contribution in [0.1, 0.15) is 28.8 Å². The molecular formula is C23H22FN3S. The number of aryl methyl sites for hydroxylation is 4. The van der Waals surface area contributed by atoms with Gasteiger partial charge in [-0.15, -0.1) is 11.3 Å². The maximum atomic E-state index is 13.5. The minimum absolute atomic E-state index is 0.237. The van der Waals surface area contributed by atoms with Crippen molar-refractivity contribution in [3.05, 3.63) is 70.1 Å². The van der Waals surface area contributed by atoms with E-state index in [1.54, 1.807) is 11.3 Å². The number of halogens is 1. The summed E-state index contributed by atoms with van der Waals surface area (Å²) in [5.41, 5.74) is 5.56. The second-order valence-corrected chi connectivity index (χ2v) is 8.13. The number of nitrogens with one attached hydrogen (secondary N) is 1. The summed E-state index contributed by atoms with van der Waals surface area (Å²) in [5, 5.41) is 4.58. The highest BCUT2D eigenvalue weighted by molar-refractivity contribution is 7.19. The van der Waals surface area contributed by atoms with Gasteiger partial charge in [-0.05, 0) is 56.0 Å². The normalized spacial score (nSPS) is 11.2. The number of nitrogens with zero attached hydrogens (tertiary/aromatic N) is 2. The Balaban J connectivity index is 1.95. The van der Waals surface area contributed by atoms with Gasteiger partial charge in [-0.25, -0.2) is 14.4 Å². The smallest absolute Gasteiger partial charge is 0.143 e. The molecule has 4 rings (SSSR count). The van der Waals surface area contributed by atoms with Gasteiger partial charge in [0.1, 0.15) is 22.3 Å². The van der Waals surface area contributed by atoms with Crippen LogP contribution >= 0.6 is 11.3 Å². The van der Waals surface area contributed by atoms with E-state index in [0.29, 0.717) is 0 Å². The fraction of sp³-hybridized carbons (Fsp3) is 0.217. The minimum Gasteiger partial charge on any atom is -0.339 e. The van der Waals surface area contributed by atoms with E-state index in [2.05, 4.69) is 49.3 Å². The van der Waals surface area contributed by atoms with Gasteiger partial charge in [-0.1, -0.05) is 37.3 Å². The largest absolute Gasteiger partial charge is 0.339 e. The molecule has 4 aromatic rings. The van der Waals surface area contributed by atoms with Crippen molar-refractivity contribution in [3.8, 4) is 11.1 Å². The fourth-order valence-corrected chi connectivity index (χ4v) is 4.68. The molecule has 0 fully saturated rings. The second-order valence-electron chi connectivity index (χ2n) is 6.93. The topological polar surface area (TPSA) is 37.8 Å². The Kier molecular flexibility index (Phi) is 4.85. The molecule has 0 saturated carbocycles. The van der Waals surface area contributed by atoms with Gasteiger partial charge in [0, 0.05) is 16.1 Å². The molecule has 0 aliphatic heterocycles. The third kappa shape index (κ3) is 3.27. The monoisotopic (exact) mass is 391 g/mol. The SMILES string of the molecule is CCc1cccc(C)c1Nc1nc(C)nc2sc(C)c(-c3ccc(F)cc3)c12. The molecule has 2 aromatic heterocycles. The molecule has 2 heterocycles. The number of anilines is 2. The average Bonchev–Trinajstić information content (AvgIpc) is 2.99. The van der Waals surface area contributed by atoms with Gasteiger partial charge in [0.05, 0.1) is 5.39 Å². The Morgan fingerprint density at radius 3 is 2.46 bits per heavy atom. The van der Waals surface area contributed by atoms with E-state index < -0.39 is 0 Å². The van der Waals surface area contributed by atoms with Crippen LogP contribution in [0, 0.1) is 26.6 Å². The van der Waals surface area contributed by atoms with Crippen molar-refractivity contribution >= 4 is 33.1 Å². The van der Waals surface area contributed by atoms with Crippen LogP contribution in [0.3, 0.4) is 0 Å². The standard InChI is InChI=1S/C23H22FN3S/c1-5-16-8-6-7-13(2)21(16)27-22-20-19(17-9-11-18(24)12-10-17)14(3)28-23(20)26-15(4)25-22/h6-12H,5H2,1-4H3,(H,25,26,27). The van der Waals surface area contributed by atoms with E-state index in [1.807, 2.05) is 19.1 Å². The molecule has 3 nitrogen and oxygen atoms in total. The quantitative estimate of drug-likeness (QED) is 0.419. The van der Waals surface area contributed by atoms with Crippen LogP contribution in [0.25, 0.3) is 21.3 Å². The predicted molar refractivity (Wildman–Crippen MR) is 116 cm³/mol. The van der Waals surface area contributed by atoms with Crippen LogP contribution in [-0.4, -0.2) is 9.97 Å². The summed E-state index contributed by atoms with van der Waals surface area (Å²) >= 11 is 1.65. The second kappa shape index (κ2) is 7.32. The van der Waals surface area contributed by atoms with Crippen LogP contribution in [-0.2, 0) is 6.42 Å². The lowest BCUT2D eigenvalue weighted by Crippen LogP contribution is -2.02. The van der Waals surface area contributed by atoms with Crippen molar-refractivity contribution in [1.82, 2.24) is 9.97 Å². The van der Waals surface area contributed by atoms with E-state index in [1.165, 1.54) is 23.3 Å². The number of fused-ring (bicyclic) bond motifs is 1. The van der Waals surface area contributed by atoms with Crippen LogP contribution in [0.4, 0.5) is 15.9 Å². The zero-order chi connectivity index (χ0) is 19.8. The summed E-state index contributed by atoms with van der Waals surface area (Å²) in [6.07, 6.45) is 0.935. The summed E-state index contributed by atoms with van der Waals surface area (Å²) < 4.78 is 13.5. The Hall–Kier alpha value is -2.79. The molecule has 28 heavy (non-hydrogen) atoms. The number of thiophene rings is 1. The molecule has 5 heteroatoms. The highest BCUT2D eigenvalue weighted by atomic mass is 32.1. The van der Waals surface area contributed by atoms with Crippen molar-refractivity contribution < 1.29 is 4.39 Å². The van der Waals surface area contributed by atoms with E-state index in [0.717, 1.165) is 50.0 Å². The highest BCUT2D eigenvalue weighted by Gasteiger charge is 2.19. The summed E-state index contributed by atoms with van der Waals surface area (Å²) in [4.78, 5) is 11.5. The molecular weight excluding hydrogens is 369 g/mol. The number of hydrogen-bond donors (Lipinski definition) is 1. The highest BCUT2D eigenvalue weighted by Crippen LogP contribution is 2.42. The molecule has 0 saturated heterocycles. The summed E-state index contributed by atoms with van der Waals surface area (Å²) in [5.74, 6) is 1.29. The molecule has 0 atom stereocenters. The van der Waals surface area contributed by atoms with Gasteiger partial charge >= 0.3 is 0 Å². The number of aromatic nitrogens is 2. The predicted octanol–water partition coefficient (Wildman–Crippen LogP) is 6.73. The molecule has 0 amide bonds. The van der Waals surface area contributed by atoms with Gasteiger partial charge in [0.2, 0.25) is 0 Å². The zero-order valence-electron chi connectivity index (χ0n) is 16.4. The fourth-order valence-electron chi connectivity index (χ4n) is 3.59. The number of para-hydroxylation sites is 1. The molecule has 2 aromatic carbocycles. The van der Waals surface area contributed by atoms with E-state index in [9.17, 15) is 4.39 Å². The lowest BCUT2D eigenvalue weighted by molar-refractivity contribution is 0.628. The summed E-state index contributed by atoms with van der Waals surface area (Å²) in [7, 11) is 0. The molecule has 1 N–H and O–H groups in total. The average molecular weight is 392 g/mol. The first-order valence-electron chi connectivity index (χ1n) is 9.37. The van der Waals surface area contributed by atoms with Crippen molar-refractivity contribution in [2.24, 2.45) is 0 Å². The van der Waals surface area contributed by atoms with Crippen LogP contribution in [0.2, 0.25) is 0 Å². The van der Waals surface area contributed by atoms with E-state index >= 15 is 0 Å². The van der Waals surface area contributed by atoms with Crippen molar-refractivity contribution in [3.63, 3.8) is 0 Å². The van der Waals surface area contributed by atoms with E-state index in [4.69, 9.17) is 4.98 Å². The first-order valence-corrected chi connectivity index (χ1v) is 10.2. The van der Waals surface area contributed by atoms with Crippen LogP contribution < -0.4 is 5.32 Å². The Labute approximate surface area is 168 Å².